The fourth-order valence-corrected chi connectivity index (χ4v) is 3.82. The molecule has 28 heavy (non-hydrogen) atoms. The summed E-state index contributed by atoms with van der Waals surface area (Å²) in [5.41, 5.74) is 10.9. The van der Waals surface area contributed by atoms with E-state index in [-0.39, 0.29) is 40.0 Å². The van der Waals surface area contributed by atoms with Gasteiger partial charge in [0.15, 0.2) is 4.60 Å². The predicted molar refractivity (Wildman–Crippen MR) is 96.5 cm³/mol. The van der Waals surface area contributed by atoms with Crippen molar-refractivity contribution in [1.29, 1.82) is 0 Å². The van der Waals surface area contributed by atoms with E-state index >= 15 is 0 Å². The van der Waals surface area contributed by atoms with E-state index in [1.165, 1.54) is 0 Å². The number of nitrogens with two attached hydrogens (primary N) is 2. The highest BCUT2D eigenvalue weighted by Gasteiger charge is 2.48. The van der Waals surface area contributed by atoms with E-state index in [2.05, 4.69) is 20.9 Å². The highest BCUT2D eigenvalue weighted by molar-refractivity contribution is 9.10. The molecule has 0 spiro atoms. The van der Waals surface area contributed by atoms with E-state index in [4.69, 9.17) is 20.9 Å². The fraction of sp³-hybridized carbons (Fsp3) is 0.467. The Morgan fingerprint density at radius 1 is 1.46 bits per heavy atom. The molecule has 0 saturated carbocycles. The maximum atomic E-state index is 12.4. The van der Waals surface area contributed by atoms with Crippen LogP contribution in [0.3, 0.4) is 0 Å². The number of hydrogen-bond acceptors (Lipinski definition) is 9. The molecule has 13 heteroatoms. The van der Waals surface area contributed by atoms with Gasteiger partial charge in [-0.1, -0.05) is 11.9 Å². The molecule has 2 aromatic heterocycles. The largest absolute Gasteiger partial charge is 0.740 e. The van der Waals surface area contributed by atoms with Gasteiger partial charge in [-0.05, 0) is 15.9 Å². The van der Waals surface area contributed by atoms with Gasteiger partial charge in [0.2, 0.25) is 24.0 Å². The molecule has 0 aromatic carbocycles. The number of aliphatic hydroxyl groups is 2. The standard InChI is InChI=1S/C15H18BrN5O7/c1-2-6(22)27-3-5-9(23)10(24)15(28-5)21-11(16)7(13(18)25)8-12(17)19-4-20(26)14(8)21/h4-5,9-10,15,23-24H,2-3H2,1H3,(H2,17,19)(H2,18,25)/t5-,9-,10-,15-/m0/s1. The van der Waals surface area contributed by atoms with Crippen molar-refractivity contribution in [3.63, 3.8) is 0 Å². The summed E-state index contributed by atoms with van der Waals surface area (Å²) in [4.78, 5) is 27.0. The Kier molecular flexibility index (Phi) is 5.43. The molecule has 0 aliphatic carbocycles. The Bertz CT molecular complexity index is 949. The first-order valence-electron chi connectivity index (χ1n) is 8.23. The number of primary amides is 1. The van der Waals surface area contributed by atoms with Crippen LogP contribution < -0.4 is 16.2 Å². The highest BCUT2D eigenvalue weighted by atomic mass is 79.9. The maximum absolute atomic E-state index is 12.4. The van der Waals surface area contributed by atoms with Crippen LogP contribution >= 0.6 is 15.9 Å². The summed E-state index contributed by atoms with van der Waals surface area (Å²) in [6.07, 6.45) is -4.28. The van der Waals surface area contributed by atoms with E-state index in [1.807, 2.05) is 0 Å². The van der Waals surface area contributed by atoms with Gasteiger partial charge in [-0.15, -0.1) is 0 Å². The number of carbonyl (C=O) groups excluding carboxylic acids is 2. The van der Waals surface area contributed by atoms with Crippen LogP contribution in [0.15, 0.2) is 10.9 Å². The quantitative estimate of drug-likeness (QED) is 0.238. The first-order valence-corrected chi connectivity index (χ1v) is 9.02. The van der Waals surface area contributed by atoms with E-state index in [9.17, 15) is 25.0 Å². The number of rotatable bonds is 5. The number of anilines is 1. The summed E-state index contributed by atoms with van der Waals surface area (Å²) in [6, 6.07) is 0. The molecule has 1 aliphatic rings. The summed E-state index contributed by atoms with van der Waals surface area (Å²) < 4.78 is 12.1. The number of esters is 1. The zero-order valence-electron chi connectivity index (χ0n) is 14.6. The van der Waals surface area contributed by atoms with Gasteiger partial charge < -0.3 is 36.4 Å². The van der Waals surface area contributed by atoms with Crippen molar-refractivity contribution < 1.29 is 34.0 Å². The first-order chi connectivity index (χ1) is 13.2. The lowest BCUT2D eigenvalue weighted by Gasteiger charge is -2.17. The molecule has 1 saturated heterocycles. The molecule has 4 atom stereocenters. The second-order valence-electron chi connectivity index (χ2n) is 6.14. The van der Waals surface area contributed by atoms with Crippen LogP contribution in [0.5, 0.6) is 0 Å². The van der Waals surface area contributed by atoms with E-state index in [1.54, 1.807) is 6.92 Å². The third-order valence-electron chi connectivity index (χ3n) is 4.42. The average molecular weight is 460 g/mol. The molecule has 1 fully saturated rings. The number of amides is 1. The molecular formula is C15H18BrN5O7. The van der Waals surface area contributed by atoms with Crippen molar-refractivity contribution in [2.75, 3.05) is 12.3 Å². The van der Waals surface area contributed by atoms with E-state index in [0.717, 1.165) is 10.9 Å². The number of carbonyl (C=O) groups is 2. The van der Waals surface area contributed by atoms with Crippen LogP contribution in [0.4, 0.5) is 5.82 Å². The van der Waals surface area contributed by atoms with Crippen LogP contribution in [0.1, 0.15) is 29.9 Å². The van der Waals surface area contributed by atoms with Gasteiger partial charge in [-0.3, -0.25) is 9.59 Å². The fourth-order valence-electron chi connectivity index (χ4n) is 3.06. The second-order valence-corrected chi connectivity index (χ2v) is 6.89. The lowest BCUT2D eigenvalue weighted by atomic mass is 10.1. The van der Waals surface area contributed by atoms with Crippen molar-refractivity contribution in [1.82, 2.24) is 9.55 Å². The summed E-state index contributed by atoms with van der Waals surface area (Å²) in [6.45, 7) is 1.30. The monoisotopic (exact) mass is 459 g/mol. The molecule has 0 unspecified atom stereocenters. The third kappa shape index (κ3) is 3.15. The van der Waals surface area contributed by atoms with Gasteiger partial charge >= 0.3 is 5.97 Å². The molecule has 2 aromatic rings. The number of nitrogens with zero attached hydrogens (tertiary/aromatic N) is 3. The van der Waals surface area contributed by atoms with E-state index < -0.39 is 36.4 Å². The zero-order valence-corrected chi connectivity index (χ0v) is 16.2. The van der Waals surface area contributed by atoms with Crippen molar-refractivity contribution in [2.45, 2.75) is 37.9 Å². The normalized spacial score (nSPS) is 24.6. The van der Waals surface area contributed by atoms with Crippen molar-refractivity contribution >= 4 is 44.7 Å². The Hall–Kier alpha value is -2.48. The molecule has 0 radical (unpaired) electrons. The predicted octanol–water partition coefficient (Wildman–Crippen LogP) is -1.31. The van der Waals surface area contributed by atoms with Gasteiger partial charge in [0.25, 0.3) is 5.91 Å². The van der Waals surface area contributed by atoms with Crippen LogP contribution in [0.25, 0.3) is 11.0 Å². The van der Waals surface area contributed by atoms with Crippen LogP contribution in [-0.2, 0) is 14.3 Å². The van der Waals surface area contributed by atoms with Crippen molar-refractivity contribution in [2.24, 2.45) is 5.73 Å². The second kappa shape index (κ2) is 7.50. The summed E-state index contributed by atoms with van der Waals surface area (Å²) in [5.74, 6) is -1.53. The zero-order chi connectivity index (χ0) is 20.7. The molecular weight excluding hydrogens is 442 g/mol. The first kappa shape index (κ1) is 20.3. The number of halogens is 1. The van der Waals surface area contributed by atoms with E-state index in [0.29, 0.717) is 4.73 Å². The van der Waals surface area contributed by atoms with Gasteiger partial charge in [-0.25, -0.2) is 9.30 Å². The van der Waals surface area contributed by atoms with Gasteiger partial charge in [0.05, 0.1) is 0 Å². The van der Waals surface area contributed by atoms with Gasteiger partial charge in [-0.2, -0.15) is 0 Å². The van der Waals surface area contributed by atoms with Crippen molar-refractivity contribution in [3.05, 3.63) is 21.7 Å². The minimum Gasteiger partial charge on any atom is -0.740 e. The summed E-state index contributed by atoms with van der Waals surface area (Å²) in [5, 5.41) is 33.1. The molecule has 6 N–H and O–H groups in total. The van der Waals surface area contributed by atoms with Crippen LogP contribution in [0.2, 0.25) is 0 Å². The molecule has 12 nitrogen and oxygen atoms in total. The smallest absolute Gasteiger partial charge is 0.305 e. The number of hydrogen-bond donors (Lipinski definition) is 4. The third-order valence-corrected chi connectivity index (χ3v) is 5.20. The Balaban J connectivity index is 2.09. The summed E-state index contributed by atoms with van der Waals surface area (Å²) in [7, 11) is 0. The number of aliphatic hydroxyl groups excluding tert-OH is 2. The van der Waals surface area contributed by atoms with Gasteiger partial charge in [0.1, 0.15) is 35.9 Å². The Morgan fingerprint density at radius 2 is 2.14 bits per heavy atom. The number of fused-ring (bicyclic) bond motifs is 1. The van der Waals surface area contributed by atoms with Crippen LogP contribution in [0, 0.1) is 5.21 Å². The topological polar surface area (TPSA) is 190 Å². The molecule has 0 bridgehead atoms. The molecule has 1 amide bonds. The minimum atomic E-state index is -1.51. The van der Waals surface area contributed by atoms with Crippen molar-refractivity contribution in [3.8, 4) is 0 Å². The maximum Gasteiger partial charge on any atom is 0.305 e. The lowest BCUT2D eigenvalue weighted by Crippen LogP contribution is -2.35. The Labute approximate surface area is 166 Å². The highest BCUT2D eigenvalue weighted by Crippen LogP contribution is 2.39. The average Bonchev–Trinajstić information content (AvgIpc) is 3.11. The summed E-state index contributed by atoms with van der Waals surface area (Å²) >= 11 is 3.18. The molecule has 3 rings (SSSR count). The number of ether oxygens (including phenoxy) is 2. The lowest BCUT2D eigenvalue weighted by molar-refractivity contribution is -0.584. The number of aromatic nitrogens is 3. The molecule has 1 aliphatic heterocycles. The molecule has 3 heterocycles. The molecule has 152 valence electrons. The number of nitrogen functional groups attached to an aromatic ring is 1. The minimum absolute atomic E-state index is 0.0155. The Morgan fingerprint density at radius 3 is 2.75 bits per heavy atom. The van der Waals surface area contributed by atoms with Gasteiger partial charge in [0, 0.05) is 6.42 Å². The SMILES string of the molecule is CCC(=O)OC[C@@H]1O[C@H](n2c(Br)c(C(N)=O)c3c(N)nc[n+]([O-])c32)[C@@H](O)[C@H]1O. The van der Waals surface area contributed by atoms with Crippen LogP contribution in [-0.4, -0.2) is 56.6 Å².